The van der Waals surface area contributed by atoms with Crippen molar-refractivity contribution in [3.05, 3.63) is 35.7 Å². The van der Waals surface area contributed by atoms with Gasteiger partial charge in [0.2, 0.25) is 0 Å². The molecule has 0 aliphatic rings. The van der Waals surface area contributed by atoms with Crippen LogP contribution in [0.5, 0.6) is 5.75 Å². The van der Waals surface area contributed by atoms with Gasteiger partial charge in [0, 0.05) is 6.54 Å². The van der Waals surface area contributed by atoms with E-state index in [-0.39, 0.29) is 12.6 Å². The molecule has 1 unspecified atom stereocenters. The third-order valence-electron chi connectivity index (χ3n) is 2.56. The number of ether oxygens (including phenoxy) is 1. The highest BCUT2D eigenvalue weighted by Gasteiger charge is 2.09. The van der Waals surface area contributed by atoms with Crippen molar-refractivity contribution in [1.29, 1.82) is 5.26 Å². The molecular formula is C12H14N6O. The number of nitriles is 1. The van der Waals surface area contributed by atoms with Gasteiger partial charge in [0.25, 0.3) is 0 Å². The Kier molecular flexibility index (Phi) is 4.42. The second-order valence-electron chi connectivity index (χ2n) is 3.97. The van der Waals surface area contributed by atoms with E-state index in [1.54, 1.807) is 0 Å². The molecule has 2 N–H and O–H groups in total. The van der Waals surface area contributed by atoms with Gasteiger partial charge in [-0.3, -0.25) is 0 Å². The summed E-state index contributed by atoms with van der Waals surface area (Å²) in [6.07, 6.45) is 0. The number of rotatable bonds is 6. The van der Waals surface area contributed by atoms with Gasteiger partial charge in [-0.1, -0.05) is 17.3 Å². The van der Waals surface area contributed by atoms with E-state index in [0.717, 1.165) is 5.56 Å². The smallest absolute Gasteiger partial charge is 0.191 e. The van der Waals surface area contributed by atoms with Crippen LogP contribution >= 0.6 is 0 Å². The highest BCUT2D eigenvalue weighted by molar-refractivity contribution is 5.28. The van der Waals surface area contributed by atoms with Crippen LogP contribution in [0.1, 0.15) is 24.4 Å². The number of aromatic nitrogens is 4. The van der Waals surface area contributed by atoms with Crippen molar-refractivity contribution in [3.63, 3.8) is 0 Å². The lowest BCUT2D eigenvalue weighted by atomic mass is 10.2. The summed E-state index contributed by atoms with van der Waals surface area (Å²) in [7, 11) is 0. The van der Waals surface area contributed by atoms with Crippen molar-refractivity contribution < 1.29 is 4.74 Å². The molecular weight excluding hydrogens is 244 g/mol. The normalized spacial score (nSPS) is 11.8. The maximum absolute atomic E-state index is 8.47. The second-order valence-corrected chi connectivity index (χ2v) is 3.97. The Morgan fingerprint density at radius 3 is 3.16 bits per heavy atom. The molecule has 1 heterocycles. The average Bonchev–Trinajstić information content (AvgIpc) is 2.97. The van der Waals surface area contributed by atoms with Crippen LogP contribution in [0.25, 0.3) is 0 Å². The summed E-state index contributed by atoms with van der Waals surface area (Å²) in [4.78, 5) is 0. The van der Waals surface area contributed by atoms with E-state index in [0.29, 0.717) is 18.1 Å². The SMILES string of the molecule is CC(NCc1cccc(OCC#N)c1)c1nn[nH]n1. The van der Waals surface area contributed by atoms with Crippen molar-refractivity contribution in [2.45, 2.75) is 19.5 Å². The minimum Gasteiger partial charge on any atom is -0.479 e. The molecule has 1 aromatic carbocycles. The van der Waals surface area contributed by atoms with Crippen LogP contribution in [0.3, 0.4) is 0 Å². The first kappa shape index (κ1) is 13.0. The Morgan fingerprint density at radius 2 is 2.42 bits per heavy atom. The summed E-state index contributed by atoms with van der Waals surface area (Å²) in [5, 5.41) is 25.5. The number of nitrogens with zero attached hydrogens (tertiary/aromatic N) is 4. The zero-order chi connectivity index (χ0) is 13.5. The Balaban J connectivity index is 1.90. The van der Waals surface area contributed by atoms with Gasteiger partial charge in [-0.2, -0.15) is 10.5 Å². The maximum atomic E-state index is 8.47. The highest BCUT2D eigenvalue weighted by Crippen LogP contribution is 2.14. The molecule has 0 aliphatic heterocycles. The zero-order valence-electron chi connectivity index (χ0n) is 10.5. The molecule has 7 heteroatoms. The predicted molar refractivity (Wildman–Crippen MR) is 67.0 cm³/mol. The number of nitrogens with one attached hydrogen (secondary N) is 2. The monoisotopic (exact) mass is 258 g/mol. The highest BCUT2D eigenvalue weighted by atomic mass is 16.5. The van der Waals surface area contributed by atoms with Crippen LogP contribution in [0, 0.1) is 11.3 Å². The van der Waals surface area contributed by atoms with Crippen molar-refractivity contribution >= 4 is 0 Å². The van der Waals surface area contributed by atoms with Gasteiger partial charge in [-0.05, 0) is 24.6 Å². The Hall–Kier alpha value is -2.46. The molecule has 0 fully saturated rings. The summed E-state index contributed by atoms with van der Waals surface area (Å²) in [6.45, 7) is 2.66. The van der Waals surface area contributed by atoms with E-state index in [9.17, 15) is 0 Å². The van der Waals surface area contributed by atoms with Crippen molar-refractivity contribution in [2.24, 2.45) is 0 Å². The fourth-order valence-corrected chi connectivity index (χ4v) is 1.58. The molecule has 7 nitrogen and oxygen atoms in total. The molecule has 0 spiro atoms. The molecule has 1 atom stereocenters. The summed E-state index contributed by atoms with van der Waals surface area (Å²) in [6, 6.07) is 9.53. The van der Waals surface area contributed by atoms with E-state index in [4.69, 9.17) is 10.00 Å². The van der Waals surface area contributed by atoms with Gasteiger partial charge in [-0.25, -0.2) is 0 Å². The van der Waals surface area contributed by atoms with Gasteiger partial charge in [0.05, 0.1) is 6.04 Å². The average molecular weight is 258 g/mol. The van der Waals surface area contributed by atoms with Crippen LogP contribution in [0.15, 0.2) is 24.3 Å². The summed E-state index contributed by atoms with van der Waals surface area (Å²) < 4.78 is 5.25. The molecule has 2 rings (SSSR count). The fourth-order valence-electron chi connectivity index (χ4n) is 1.58. The van der Waals surface area contributed by atoms with Gasteiger partial charge in [0.15, 0.2) is 12.4 Å². The van der Waals surface area contributed by atoms with Crippen LogP contribution in [-0.2, 0) is 6.54 Å². The molecule has 2 aromatic rings. The summed E-state index contributed by atoms with van der Waals surface area (Å²) in [5.41, 5.74) is 1.06. The molecule has 1 aromatic heterocycles. The van der Waals surface area contributed by atoms with Crippen molar-refractivity contribution in [1.82, 2.24) is 25.9 Å². The summed E-state index contributed by atoms with van der Waals surface area (Å²) >= 11 is 0. The van der Waals surface area contributed by atoms with Crippen LogP contribution in [-0.4, -0.2) is 27.2 Å². The Labute approximate surface area is 110 Å². The number of hydrogen-bond acceptors (Lipinski definition) is 6. The molecule has 19 heavy (non-hydrogen) atoms. The molecule has 98 valence electrons. The molecule has 0 bridgehead atoms. The second kappa shape index (κ2) is 6.47. The van der Waals surface area contributed by atoms with E-state index in [1.165, 1.54) is 0 Å². The van der Waals surface area contributed by atoms with Gasteiger partial charge >= 0.3 is 0 Å². The number of tetrazole rings is 1. The lowest BCUT2D eigenvalue weighted by molar-refractivity contribution is 0.367. The van der Waals surface area contributed by atoms with Gasteiger partial charge < -0.3 is 10.1 Å². The zero-order valence-corrected chi connectivity index (χ0v) is 10.5. The lowest BCUT2D eigenvalue weighted by Crippen LogP contribution is -2.19. The predicted octanol–water partition coefficient (Wildman–Crippen LogP) is 0.953. The first-order valence-corrected chi connectivity index (χ1v) is 5.85. The molecule has 0 saturated carbocycles. The first-order chi connectivity index (χ1) is 9.29. The van der Waals surface area contributed by atoms with Crippen molar-refractivity contribution in [3.8, 4) is 11.8 Å². The minimum atomic E-state index is 0.00225. The minimum absolute atomic E-state index is 0.00225. The number of hydrogen-bond donors (Lipinski definition) is 2. The third kappa shape index (κ3) is 3.76. The van der Waals surface area contributed by atoms with E-state index >= 15 is 0 Å². The van der Waals surface area contributed by atoms with Crippen LogP contribution < -0.4 is 10.1 Å². The number of benzene rings is 1. The standard InChI is InChI=1S/C12H14N6O/c1-9(12-15-17-18-16-12)14-8-10-3-2-4-11(7-10)19-6-5-13/h2-4,7,9,14H,6,8H2,1H3,(H,15,16,17,18). The Bertz CT molecular complexity index is 548. The van der Waals surface area contributed by atoms with Gasteiger partial charge in [0.1, 0.15) is 11.8 Å². The first-order valence-electron chi connectivity index (χ1n) is 5.85. The number of aromatic amines is 1. The topological polar surface area (TPSA) is 99.5 Å². The van der Waals surface area contributed by atoms with Crippen molar-refractivity contribution in [2.75, 3.05) is 6.61 Å². The fraction of sp³-hybridized carbons (Fsp3) is 0.333. The molecule has 0 saturated heterocycles. The molecule has 0 aliphatic carbocycles. The maximum Gasteiger partial charge on any atom is 0.191 e. The quantitative estimate of drug-likeness (QED) is 0.800. The number of H-pyrrole nitrogens is 1. The Morgan fingerprint density at radius 1 is 1.53 bits per heavy atom. The largest absolute Gasteiger partial charge is 0.479 e. The van der Waals surface area contributed by atoms with Crippen LogP contribution in [0.4, 0.5) is 0 Å². The molecule has 0 amide bonds. The van der Waals surface area contributed by atoms with E-state index in [1.807, 2.05) is 37.3 Å². The molecule has 0 radical (unpaired) electrons. The van der Waals surface area contributed by atoms with E-state index < -0.39 is 0 Å². The third-order valence-corrected chi connectivity index (χ3v) is 2.56. The van der Waals surface area contributed by atoms with E-state index in [2.05, 4.69) is 25.9 Å². The van der Waals surface area contributed by atoms with Gasteiger partial charge in [-0.15, -0.1) is 10.2 Å². The summed E-state index contributed by atoms with van der Waals surface area (Å²) in [5.74, 6) is 1.31. The lowest BCUT2D eigenvalue weighted by Gasteiger charge is -2.10. The van der Waals surface area contributed by atoms with Crippen LogP contribution in [0.2, 0.25) is 0 Å².